The number of allylic oxidation sites excluding steroid dienone is 3. The van der Waals surface area contributed by atoms with Gasteiger partial charge in [0, 0.05) is 54.6 Å². The minimum atomic E-state index is -0.0532. The number of rotatable bonds is 6. The maximum atomic E-state index is 10.2. The van der Waals surface area contributed by atoms with Crippen LogP contribution < -0.4 is 0 Å². The molecule has 128 valence electrons. The molecule has 0 heterocycles. The fourth-order valence-corrected chi connectivity index (χ4v) is 0.603. The Morgan fingerprint density at radius 1 is 0.636 bits per heavy atom. The summed E-state index contributed by atoms with van der Waals surface area (Å²) in [4.78, 5) is 30.5. The summed E-state index contributed by atoms with van der Waals surface area (Å²) in [5.74, 6) is -0.160. The molecule has 6 nitrogen and oxygen atoms in total. The number of aliphatic hydroxyl groups is 3. The van der Waals surface area contributed by atoms with E-state index in [1.807, 2.05) is 0 Å². The molecule has 0 radical (unpaired) electrons. The third-order valence-corrected chi connectivity index (χ3v) is 1.83. The summed E-state index contributed by atoms with van der Waals surface area (Å²) in [6, 6.07) is 0. The number of ketones is 3. The second kappa shape index (κ2) is 24.2. The van der Waals surface area contributed by atoms with Gasteiger partial charge >= 0.3 is 0 Å². The van der Waals surface area contributed by atoms with Crippen molar-refractivity contribution in [3.05, 3.63) is 37.0 Å². The SMILES string of the molecule is CCC(=O)/C=C\O.CCC(=O)/C=C\O.CCC(=O)/C=C\O.[Fe]. The van der Waals surface area contributed by atoms with Gasteiger partial charge in [0.15, 0.2) is 17.3 Å². The van der Waals surface area contributed by atoms with Crippen molar-refractivity contribution in [3.8, 4) is 0 Å². The van der Waals surface area contributed by atoms with Crippen LogP contribution in [0.15, 0.2) is 37.0 Å². The first kappa shape index (κ1) is 28.3. The second-order valence-electron chi connectivity index (χ2n) is 3.41. The number of carbonyl (C=O) groups excluding carboxylic acids is 3. The Bertz CT molecular complexity index is 315. The van der Waals surface area contributed by atoms with E-state index < -0.39 is 0 Å². The molecule has 0 aromatic carbocycles. The molecule has 0 saturated heterocycles. The molecule has 0 fully saturated rings. The number of aliphatic hydroxyl groups excluding tert-OH is 3. The molecule has 0 saturated carbocycles. The van der Waals surface area contributed by atoms with Crippen LogP contribution in [0, 0.1) is 0 Å². The number of carbonyl (C=O) groups is 3. The third kappa shape index (κ3) is 30.9. The van der Waals surface area contributed by atoms with Crippen molar-refractivity contribution in [3.63, 3.8) is 0 Å². The maximum absolute atomic E-state index is 10.2. The van der Waals surface area contributed by atoms with E-state index in [0.717, 1.165) is 37.0 Å². The summed E-state index contributed by atoms with van der Waals surface area (Å²) >= 11 is 0. The van der Waals surface area contributed by atoms with E-state index in [2.05, 4.69) is 0 Å². The average Bonchev–Trinajstić information content (AvgIpc) is 2.49. The van der Waals surface area contributed by atoms with Crippen LogP contribution in [0.1, 0.15) is 40.0 Å². The summed E-state index contributed by atoms with van der Waals surface area (Å²) in [6.45, 7) is 5.22. The Balaban J connectivity index is -0.000000108. The van der Waals surface area contributed by atoms with E-state index >= 15 is 0 Å². The predicted molar refractivity (Wildman–Crippen MR) is 81.2 cm³/mol. The Kier molecular flexibility index (Phi) is 31.1. The van der Waals surface area contributed by atoms with Crippen molar-refractivity contribution in [2.45, 2.75) is 40.0 Å². The fourth-order valence-electron chi connectivity index (χ4n) is 0.603. The summed E-state index contributed by atoms with van der Waals surface area (Å²) < 4.78 is 0. The normalized spacial score (nSPS) is 9.41. The standard InChI is InChI=1S/3C5H8O2.Fe/c3*1-2-5(7)3-4-6;/h3*3-4,6H,2H2,1H3;/b3*4-3-;. The van der Waals surface area contributed by atoms with Crippen LogP contribution in [-0.4, -0.2) is 32.7 Å². The van der Waals surface area contributed by atoms with E-state index in [1.54, 1.807) is 20.8 Å². The minimum Gasteiger partial charge on any atom is -0.515 e. The molecule has 0 spiro atoms. The van der Waals surface area contributed by atoms with Crippen molar-refractivity contribution < 1.29 is 46.8 Å². The quantitative estimate of drug-likeness (QED) is 0.383. The first-order chi connectivity index (χ1) is 9.92. The van der Waals surface area contributed by atoms with Crippen molar-refractivity contribution in [1.29, 1.82) is 0 Å². The van der Waals surface area contributed by atoms with Gasteiger partial charge in [-0.3, -0.25) is 14.4 Å². The first-order valence-corrected chi connectivity index (χ1v) is 6.43. The van der Waals surface area contributed by atoms with E-state index in [0.29, 0.717) is 19.3 Å². The van der Waals surface area contributed by atoms with Crippen LogP contribution in [0.2, 0.25) is 0 Å². The molecule has 22 heavy (non-hydrogen) atoms. The zero-order valence-corrected chi connectivity index (χ0v) is 14.1. The van der Waals surface area contributed by atoms with Crippen LogP contribution in [0.3, 0.4) is 0 Å². The van der Waals surface area contributed by atoms with Gasteiger partial charge in [-0.1, -0.05) is 20.8 Å². The van der Waals surface area contributed by atoms with E-state index in [4.69, 9.17) is 15.3 Å². The molecule has 0 unspecified atom stereocenters. The number of hydrogen-bond acceptors (Lipinski definition) is 6. The monoisotopic (exact) mass is 356 g/mol. The molecule has 0 atom stereocenters. The first-order valence-electron chi connectivity index (χ1n) is 6.43. The van der Waals surface area contributed by atoms with Gasteiger partial charge < -0.3 is 15.3 Å². The van der Waals surface area contributed by atoms with E-state index in [1.165, 1.54) is 0 Å². The van der Waals surface area contributed by atoms with Gasteiger partial charge in [0.1, 0.15) is 0 Å². The third-order valence-electron chi connectivity index (χ3n) is 1.83. The molecule has 0 amide bonds. The van der Waals surface area contributed by atoms with E-state index in [-0.39, 0.29) is 34.4 Å². The Labute approximate surface area is 141 Å². The van der Waals surface area contributed by atoms with Gasteiger partial charge in [0.25, 0.3) is 0 Å². The van der Waals surface area contributed by atoms with Crippen molar-refractivity contribution in [2.75, 3.05) is 0 Å². The summed E-state index contributed by atoms with van der Waals surface area (Å²) in [7, 11) is 0. The molecule has 0 aliphatic carbocycles. The average molecular weight is 356 g/mol. The van der Waals surface area contributed by atoms with Crippen LogP contribution >= 0.6 is 0 Å². The van der Waals surface area contributed by atoms with Crippen molar-refractivity contribution >= 4 is 17.3 Å². The molecule has 0 bridgehead atoms. The molecular weight excluding hydrogens is 332 g/mol. The topological polar surface area (TPSA) is 112 Å². The van der Waals surface area contributed by atoms with Crippen LogP contribution in [-0.2, 0) is 31.5 Å². The summed E-state index contributed by atoms with van der Waals surface area (Å²) in [6.07, 6.45) is 7.05. The fraction of sp³-hybridized carbons (Fsp3) is 0.400. The van der Waals surface area contributed by atoms with Gasteiger partial charge in [0.2, 0.25) is 0 Å². The Morgan fingerprint density at radius 2 is 0.818 bits per heavy atom. The minimum absolute atomic E-state index is 0. The zero-order valence-electron chi connectivity index (χ0n) is 13.0. The Morgan fingerprint density at radius 3 is 0.864 bits per heavy atom. The van der Waals surface area contributed by atoms with Gasteiger partial charge in [-0.15, -0.1) is 0 Å². The molecular formula is C15H24FeO6. The second-order valence-corrected chi connectivity index (χ2v) is 3.41. The number of hydrogen-bond donors (Lipinski definition) is 3. The smallest absolute Gasteiger partial charge is 0.158 e. The van der Waals surface area contributed by atoms with Crippen LogP contribution in [0.4, 0.5) is 0 Å². The molecule has 0 aliphatic heterocycles. The summed E-state index contributed by atoms with van der Waals surface area (Å²) in [5, 5.41) is 23.9. The molecule has 3 N–H and O–H groups in total. The van der Waals surface area contributed by atoms with Crippen molar-refractivity contribution in [1.82, 2.24) is 0 Å². The Hall–Kier alpha value is -1.85. The van der Waals surface area contributed by atoms with Gasteiger partial charge in [-0.05, 0) is 0 Å². The molecule has 0 aliphatic rings. The van der Waals surface area contributed by atoms with Gasteiger partial charge in [0.05, 0.1) is 18.8 Å². The zero-order chi connectivity index (χ0) is 17.1. The largest absolute Gasteiger partial charge is 0.515 e. The van der Waals surface area contributed by atoms with Crippen molar-refractivity contribution in [2.24, 2.45) is 0 Å². The molecule has 0 aromatic heterocycles. The van der Waals surface area contributed by atoms with Gasteiger partial charge in [-0.2, -0.15) is 0 Å². The van der Waals surface area contributed by atoms with Crippen LogP contribution in [0.25, 0.3) is 0 Å². The predicted octanol–water partition coefficient (Wildman–Crippen LogP) is 3.11. The van der Waals surface area contributed by atoms with E-state index in [9.17, 15) is 14.4 Å². The molecule has 0 aromatic rings. The maximum Gasteiger partial charge on any atom is 0.158 e. The van der Waals surface area contributed by atoms with Crippen LogP contribution in [0.5, 0.6) is 0 Å². The summed E-state index contributed by atoms with van der Waals surface area (Å²) in [5.41, 5.74) is 0. The molecule has 0 rings (SSSR count). The molecule has 7 heteroatoms. The van der Waals surface area contributed by atoms with Gasteiger partial charge in [-0.25, -0.2) is 0 Å².